The Morgan fingerprint density at radius 1 is 1.11 bits per heavy atom. The van der Waals surface area contributed by atoms with Crippen molar-refractivity contribution in [1.29, 1.82) is 0 Å². The minimum atomic E-state index is -4.54. The van der Waals surface area contributed by atoms with E-state index in [4.69, 9.17) is 11.6 Å². The molecule has 0 spiro atoms. The van der Waals surface area contributed by atoms with Gasteiger partial charge >= 0.3 is 6.18 Å². The monoisotopic (exact) mass is 402 g/mol. The number of hydrogen-bond donors (Lipinski definition) is 1. The molecule has 4 nitrogen and oxygen atoms in total. The summed E-state index contributed by atoms with van der Waals surface area (Å²) in [6.07, 6.45) is -2.75. The van der Waals surface area contributed by atoms with Gasteiger partial charge in [-0.1, -0.05) is 11.6 Å². The Kier molecular flexibility index (Phi) is 6.16. The molecule has 1 N–H and O–H groups in total. The van der Waals surface area contributed by atoms with Crippen LogP contribution in [-0.2, 0) is 12.7 Å². The van der Waals surface area contributed by atoms with Crippen LogP contribution in [0.1, 0.15) is 24.0 Å². The molecule has 1 aromatic carbocycles. The lowest BCUT2D eigenvalue weighted by atomic mass is 9.96. The molecule has 0 aliphatic carbocycles. The molecule has 9 heteroatoms. The number of nitrogens with zero attached hydrogens (tertiary/aromatic N) is 3. The van der Waals surface area contributed by atoms with Crippen LogP contribution in [0.3, 0.4) is 0 Å². The van der Waals surface area contributed by atoms with E-state index in [0.29, 0.717) is 35.1 Å². The van der Waals surface area contributed by atoms with Gasteiger partial charge in [-0.25, -0.2) is 4.39 Å². The van der Waals surface area contributed by atoms with Crippen molar-refractivity contribution in [3.05, 3.63) is 52.4 Å². The number of hydrogen-bond acceptors (Lipinski definition) is 4. The second-order valence-electron chi connectivity index (χ2n) is 6.69. The number of benzene rings is 1. The van der Waals surface area contributed by atoms with Crippen LogP contribution in [0.5, 0.6) is 0 Å². The smallest absolute Gasteiger partial charge is 0.368 e. The van der Waals surface area contributed by atoms with Gasteiger partial charge in [0.2, 0.25) is 0 Å². The molecule has 2 aromatic rings. The largest absolute Gasteiger partial charge is 0.416 e. The van der Waals surface area contributed by atoms with Crippen LogP contribution < -0.4 is 5.32 Å². The van der Waals surface area contributed by atoms with Crippen molar-refractivity contribution in [2.24, 2.45) is 5.92 Å². The number of anilines is 1. The van der Waals surface area contributed by atoms with E-state index in [1.165, 1.54) is 6.07 Å². The molecule has 146 valence electrons. The normalized spacial score (nSPS) is 16.5. The second-order valence-corrected chi connectivity index (χ2v) is 7.07. The van der Waals surface area contributed by atoms with E-state index in [1.807, 2.05) is 4.90 Å². The summed E-state index contributed by atoms with van der Waals surface area (Å²) >= 11 is 5.69. The first kappa shape index (κ1) is 19.8. The maximum atomic E-state index is 13.5. The zero-order valence-corrected chi connectivity index (χ0v) is 15.2. The summed E-state index contributed by atoms with van der Waals surface area (Å²) in [5.74, 6) is 0.223. The molecule has 1 aliphatic heterocycles. The Bertz CT molecular complexity index is 759. The Hall–Kier alpha value is -1.93. The first-order valence-corrected chi connectivity index (χ1v) is 8.99. The lowest BCUT2D eigenvalue weighted by Gasteiger charge is -2.32. The number of piperidine rings is 1. The topological polar surface area (TPSA) is 41.0 Å². The Labute approximate surface area is 159 Å². The summed E-state index contributed by atoms with van der Waals surface area (Å²) in [5.41, 5.74) is -0.601. The van der Waals surface area contributed by atoms with Crippen molar-refractivity contribution in [2.45, 2.75) is 25.6 Å². The highest BCUT2D eigenvalue weighted by Gasteiger charge is 2.31. The molecule has 0 radical (unpaired) electrons. The third-order valence-electron chi connectivity index (χ3n) is 4.60. The van der Waals surface area contributed by atoms with Gasteiger partial charge in [-0.15, -0.1) is 10.2 Å². The van der Waals surface area contributed by atoms with Crippen LogP contribution in [0.2, 0.25) is 5.15 Å². The predicted octanol–water partition coefficient (Wildman–Crippen LogP) is 4.61. The summed E-state index contributed by atoms with van der Waals surface area (Å²) in [6.45, 7) is 2.54. The molecule has 0 atom stereocenters. The molecule has 27 heavy (non-hydrogen) atoms. The number of halogens is 5. The van der Waals surface area contributed by atoms with Crippen LogP contribution in [0, 0.1) is 11.7 Å². The third kappa shape index (κ3) is 5.77. The highest BCUT2D eigenvalue weighted by Crippen LogP contribution is 2.31. The minimum absolute atomic E-state index is 0.309. The van der Waals surface area contributed by atoms with Crippen molar-refractivity contribution >= 4 is 17.4 Å². The van der Waals surface area contributed by atoms with Crippen molar-refractivity contribution < 1.29 is 17.6 Å². The second kappa shape index (κ2) is 8.39. The number of alkyl halides is 3. The zero-order valence-electron chi connectivity index (χ0n) is 14.4. The SMILES string of the molecule is Fc1cc(CN2CCC(CNc3ccc(Cl)nn3)CC2)cc(C(F)(F)F)c1. The third-order valence-corrected chi connectivity index (χ3v) is 4.80. The van der Waals surface area contributed by atoms with Gasteiger partial charge in [-0.2, -0.15) is 13.2 Å². The maximum Gasteiger partial charge on any atom is 0.416 e. The molecule has 1 aliphatic rings. The molecule has 1 aromatic heterocycles. The molecule has 1 saturated heterocycles. The number of nitrogens with one attached hydrogen (secondary N) is 1. The van der Waals surface area contributed by atoms with Crippen LogP contribution in [0.4, 0.5) is 23.4 Å². The van der Waals surface area contributed by atoms with Crippen LogP contribution in [-0.4, -0.2) is 34.7 Å². The van der Waals surface area contributed by atoms with E-state index in [9.17, 15) is 17.6 Å². The summed E-state index contributed by atoms with van der Waals surface area (Å²) in [4.78, 5) is 2.05. The van der Waals surface area contributed by atoms with Crippen molar-refractivity contribution in [3.63, 3.8) is 0 Å². The fraction of sp³-hybridized carbons (Fsp3) is 0.444. The number of likely N-dealkylation sites (tertiary alicyclic amines) is 1. The fourth-order valence-corrected chi connectivity index (χ4v) is 3.27. The number of rotatable bonds is 5. The highest BCUT2D eigenvalue weighted by atomic mass is 35.5. The van der Waals surface area contributed by atoms with Gasteiger partial charge in [0.25, 0.3) is 0 Å². The van der Waals surface area contributed by atoms with Gasteiger partial charge in [-0.3, -0.25) is 4.90 Å². The van der Waals surface area contributed by atoms with Gasteiger partial charge in [-0.05, 0) is 67.7 Å². The van der Waals surface area contributed by atoms with E-state index in [-0.39, 0.29) is 0 Å². The van der Waals surface area contributed by atoms with E-state index in [1.54, 1.807) is 12.1 Å². The minimum Gasteiger partial charge on any atom is -0.368 e. The average molecular weight is 403 g/mol. The van der Waals surface area contributed by atoms with Crippen LogP contribution in [0.25, 0.3) is 0 Å². The van der Waals surface area contributed by atoms with Gasteiger partial charge < -0.3 is 5.32 Å². The first-order valence-electron chi connectivity index (χ1n) is 8.62. The highest BCUT2D eigenvalue weighted by molar-refractivity contribution is 6.29. The van der Waals surface area contributed by atoms with Crippen molar-refractivity contribution in [3.8, 4) is 0 Å². The molecule has 1 fully saturated rings. The van der Waals surface area contributed by atoms with Gasteiger partial charge in [0.15, 0.2) is 5.15 Å². The van der Waals surface area contributed by atoms with Gasteiger partial charge in [0.1, 0.15) is 11.6 Å². The van der Waals surface area contributed by atoms with Crippen molar-refractivity contribution in [1.82, 2.24) is 15.1 Å². The van der Waals surface area contributed by atoms with Gasteiger partial charge in [0.05, 0.1) is 5.56 Å². The van der Waals surface area contributed by atoms with Crippen LogP contribution in [0.15, 0.2) is 30.3 Å². The summed E-state index contributed by atoms with van der Waals surface area (Å²) < 4.78 is 52.0. The summed E-state index contributed by atoms with van der Waals surface area (Å²) in [6, 6.07) is 6.14. The quantitative estimate of drug-likeness (QED) is 0.741. The maximum absolute atomic E-state index is 13.5. The lowest BCUT2D eigenvalue weighted by Crippen LogP contribution is -2.35. The first-order chi connectivity index (χ1) is 12.8. The Morgan fingerprint density at radius 3 is 2.48 bits per heavy atom. The standard InChI is InChI=1S/C18H19ClF4N4/c19-16-1-2-17(26-25-16)24-10-12-3-5-27(6-4-12)11-13-7-14(18(21,22)23)9-15(20)8-13/h1-2,7-9,12H,3-6,10-11H2,(H,24,26). The lowest BCUT2D eigenvalue weighted by molar-refractivity contribution is -0.137. The molecule has 0 unspecified atom stereocenters. The molecule has 0 bridgehead atoms. The molecule has 0 amide bonds. The van der Waals surface area contributed by atoms with E-state index in [2.05, 4.69) is 15.5 Å². The molecule has 3 rings (SSSR count). The van der Waals surface area contributed by atoms with E-state index < -0.39 is 17.6 Å². The molecular weight excluding hydrogens is 384 g/mol. The predicted molar refractivity (Wildman–Crippen MR) is 94.9 cm³/mol. The molecular formula is C18H19ClF4N4. The number of aromatic nitrogens is 2. The zero-order chi connectivity index (χ0) is 19.4. The fourth-order valence-electron chi connectivity index (χ4n) is 3.17. The summed E-state index contributed by atoms with van der Waals surface area (Å²) in [5, 5.41) is 11.3. The Morgan fingerprint density at radius 2 is 1.85 bits per heavy atom. The van der Waals surface area contributed by atoms with Gasteiger partial charge in [0, 0.05) is 13.1 Å². The van der Waals surface area contributed by atoms with E-state index in [0.717, 1.165) is 38.5 Å². The summed E-state index contributed by atoms with van der Waals surface area (Å²) in [7, 11) is 0. The molecule has 0 saturated carbocycles. The van der Waals surface area contributed by atoms with Crippen molar-refractivity contribution in [2.75, 3.05) is 25.0 Å². The van der Waals surface area contributed by atoms with Crippen LogP contribution >= 0.6 is 11.6 Å². The average Bonchev–Trinajstić information content (AvgIpc) is 2.61. The van der Waals surface area contributed by atoms with E-state index >= 15 is 0 Å². The molecule has 2 heterocycles. The Balaban J connectivity index is 1.49.